The summed E-state index contributed by atoms with van der Waals surface area (Å²) >= 11 is 0. The molecule has 1 rings (SSSR count). The van der Waals surface area contributed by atoms with E-state index in [1.165, 1.54) is 19.3 Å². The van der Waals surface area contributed by atoms with Crippen LogP contribution < -0.4 is 0 Å². The predicted molar refractivity (Wildman–Crippen MR) is 58.4 cm³/mol. The molecular formula is C12H24O2. The Morgan fingerprint density at radius 1 is 1.14 bits per heavy atom. The molecule has 1 saturated carbocycles. The summed E-state index contributed by atoms with van der Waals surface area (Å²) in [6, 6.07) is 0. The summed E-state index contributed by atoms with van der Waals surface area (Å²) in [7, 11) is 3.63. The van der Waals surface area contributed by atoms with Crippen molar-refractivity contribution in [1.82, 2.24) is 0 Å². The summed E-state index contributed by atoms with van der Waals surface area (Å²) in [5.41, 5.74) is 0.0208. The molecule has 0 amide bonds. The summed E-state index contributed by atoms with van der Waals surface area (Å²) in [6.45, 7) is 6.67. The fourth-order valence-corrected chi connectivity index (χ4v) is 2.52. The van der Waals surface area contributed by atoms with Crippen LogP contribution in [0.2, 0.25) is 0 Å². The van der Waals surface area contributed by atoms with Crippen LogP contribution in [0.5, 0.6) is 0 Å². The van der Waals surface area contributed by atoms with Gasteiger partial charge in [-0.05, 0) is 44.9 Å². The molecule has 0 N–H and O–H groups in total. The van der Waals surface area contributed by atoms with Gasteiger partial charge >= 0.3 is 0 Å². The lowest BCUT2D eigenvalue weighted by atomic mass is 9.73. The van der Waals surface area contributed by atoms with Gasteiger partial charge in [-0.1, -0.05) is 6.92 Å². The number of methoxy groups -OCH3 is 2. The van der Waals surface area contributed by atoms with Crippen molar-refractivity contribution in [3.05, 3.63) is 0 Å². The van der Waals surface area contributed by atoms with Crippen LogP contribution in [-0.4, -0.2) is 25.9 Å². The molecule has 0 saturated heterocycles. The minimum absolute atomic E-state index is 0.0208. The third-order valence-corrected chi connectivity index (χ3v) is 3.90. The molecule has 0 aromatic rings. The van der Waals surface area contributed by atoms with Crippen molar-refractivity contribution in [2.24, 2.45) is 11.8 Å². The Bertz CT molecular complexity index is 177. The van der Waals surface area contributed by atoms with Gasteiger partial charge in [-0.2, -0.15) is 0 Å². The van der Waals surface area contributed by atoms with E-state index in [0.29, 0.717) is 17.9 Å². The Morgan fingerprint density at radius 2 is 1.79 bits per heavy atom. The first-order valence-electron chi connectivity index (χ1n) is 5.59. The van der Waals surface area contributed by atoms with Crippen LogP contribution in [0.4, 0.5) is 0 Å². The Balaban J connectivity index is 2.54. The van der Waals surface area contributed by atoms with Crippen molar-refractivity contribution < 1.29 is 9.47 Å². The highest BCUT2D eigenvalue weighted by atomic mass is 16.5. The van der Waals surface area contributed by atoms with Gasteiger partial charge in [-0.25, -0.2) is 0 Å². The zero-order chi connectivity index (χ0) is 10.8. The first kappa shape index (κ1) is 12.0. The van der Waals surface area contributed by atoms with Crippen LogP contribution in [0.25, 0.3) is 0 Å². The molecule has 0 aromatic heterocycles. The van der Waals surface area contributed by atoms with Gasteiger partial charge in [0.25, 0.3) is 0 Å². The monoisotopic (exact) mass is 200 g/mol. The van der Waals surface area contributed by atoms with Gasteiger partial charge in [0, 0.05) is 14.2 Å². The molecule has 0 radical (unpaired) electrons. The first-order valence-corrected chi connectivity index (χ1v) is 5.59. The molecule has 0 bridgehead atoms. The van der Waals surface area contributed by atoms with Crippen LogP contribution in [0, 0.1) is 11.8 Å². The van der Waals surface area contributed by atoms with Gasteiger partial charge in [-0.3, -0.25) is 0 Å². The van der Waals surface area contributed by atoms with Gasteiger partial charge < -0.3 is 9.47 Å². The highest BCUT2D eigenvalue weighted by Gasteiger charge is 2.36. The summed E-state index contributed by atoms with van der Waals surface area (Å²) < 4.78 is 11.0. The van der Waals surface area contributed by atoms with Crippen molar-refractivity contribution in [1.29, 1.82) is 0 Å². The molecule has 1 aliphatic rings. The summed E-state index contributed by atoms with van der Waals surface area (Å²) in [6.07, 6.45) is 4.08. The number of rotatable bonds is 3. The van der Waals surface area contributed by atoms with E-state index in [2.05, 4.69) is 20.8 Å². The molecule has 2 heteroatoms. The smallest absolute Gasteiger partial charge is 0.0650 e. The molecule has 3 unspecified atom stereocenters. The maximum atomic E-state index is 5.55. The second-order valence-corrected chi connectivity index (χ2v) is 5.07. The van der Waals surface area contributed by atoms with E-state index >= 15 is 0 Å². The summed E-state index contributed by atoms with van der Waals surface area (Å²) in [4.78, 5) is 0. The summed E-state index contributed by atoms with van der Waals surface area (Å²) in [5, 5.41) is 0. The van der Waals surface area contributed by atoms with Crippen molar-refractivity contribution >= 4 is 0 Å². The van der Waals surface area contributed by atoms with Crippen molar-refractivity contribution in [2.75, 3.05) is 14.2 Å². The Morgan fingerprint density at radius 3 is 2.21 bits per heavy atom. The number of hydrogen-bond acceptors (Lipinski definition) is 2. The van der Waals surface area contributed by atoms with Crippen molar-refractivity contribution in [3.63, 3.8) is 0 Å². The topological polar surface area (TPSA) is 18.5 Å². The minimum atomic E-state index is 0.0208. The van der Waals surface area contributed by atoms with E-state index in [4.69, 9.17) is 9.47 Å². The normalized spacial score (nSPS) is 34.5. The molecule has 1 aliphatic carbocycles. The summed E-state index contributed by atoms with van der Waals surface area (Å²) in [5.74, 6) is 1.34. The lowest BCUT2D eigenvalue weighted by Crippen LogP contribution is -2.40. The van der Waals surface area contributed by atoms with E-state index in [1.54, 1.807) is 0 Å². The molecular weight excluding hydrogens is 176 g/mol. The fraction of sp³-hybridized carbons (Fsp3) is 1.00. The maximum absolute atomic E-state index is 5.55. The molecule has 0 spiro atoms. The first-order chi connectivity index (χ1) is 6.51. The van der Waals surface area contributed by atoms with Gasteiger partial charge in [-0.15, -0.1) is 0 Å². The lowest BCUT2D eigenvalue weighted by Gasteiger charge is -2.41. The van der Waals surface area contributed by atoms with E-state index in [0.717, 1.165) is 0 Å². The molecule has 3 atom stereocenters. The van der Waals surface area contributed by atoms with E-state index < -0.39 is 0 Å². The third-order valence-electron chi connectivity index (χ3n) is 3.90. The highest BCUT2D eigenvalue weighted by Crippen LogP contribution is 2.38. The van der Waals surface area contributed by atoms with Crippen LogP contribution in [-0.2, 0) is 9.47 Å². The van der Waals surface area contributed by atoms with E-state index in [9.17, 15) is 0 Å². The standard InChI is InChI=1S/C12H24O2/c1-9-8-10(12(2,3)14-5)6-7-11(9)13-4/h9-11H,6-8H2,1-5H3. The van der Waals surface area contributed by atoms with Crippen LogP contribution in [0.15, 0.2) is 0 Å². The highest BCUT2D eigenvalue weighted by molar-refractivity contribution is 4.87. The molecule has 0 heterocycles. The Kier molecular flexibility index (Phi) is 3.96. The minimum Gasteiger partial charge on any atom is -0.381 e. The Hall–Kier alpha value is -0.0800. The predicted octanol–water partition coefficient (Wildman–Crippen LogP) is 2.86. The SMILES string of the molecule is COC1CCC(C(C)(C)OC)CC1C. The van der Waals surface area contributed by atoms with Crippen LogP contribution >= 0.6 is 0 Å². The van der Waals surface area contributed by atoms with E-state index in [-0.39, 0.29) is 5.60 Å². The van der Waals surface area contributed by atoms with E-state index in [1.807, 2.05) is 14.2 Å². The molecule has 2 nitrogen and oxygen atoms in total. The van der Waals surface area contributed by atoms with Crippen molar-refractivity contribution in [3.8, 4) is 0 Å². The fourth-order valence-electron chi connectivity index (χ4n) is 2.52. The van der Waals surface area contributed by atoms with Crippen LogP contribution in [0.3, 0.4) is 0 Å². The largest absolute Gasteiger partial charge is 0.381 e. The second kappa shape index (κ2) is 4.63. The zero-order valence-corrected chi connectivity index (χ0v) is 10.2. The number of hydrogen-bond donors (Lipinski definition) is 0. The third kappa shape index (κ3) is 2.48. The van der Waals surface area contributed by atoms with Crippen molar-refractivity contribution in [2.45, 2.75) is 51.7 Å². The van der Waals surface area contributed by atoms with Crippen LogP contribution in [0.1, 0.15) is 40.0 Å². The Labute approximate surface area is 88.0 Å². The molecule has 14 heavy (non-hydrogen) atoms. The lowest BCUT2D eigenvalue weighted by molar-refractivity contribution is -0.0728. The molecule has 84 valence electrons. The molecule has 0 aromatic carbocycles. The quantitative estimate of drug-likeness (QED) is 0.697. The van der Waals surface area contributed by atoms with Gasteiger partial charge in [0.1, 0.15) is 0 Å². The zero-order valence-electron chi connectivity index (χ0n) is 10.2. The average molecular weight is 200 g/mol. The maximum Gasteiger partial charge on any atom is 0.0650 e. The van der Waals surface area contributed by atoms with Gasteiger partial charge in [0.05, 0.1) is 11.7 Å². The molecule has 0 aliphatic heterocycles. The van der Waals surface area contributed by atoms with Gasteiger partial charge in [0.2, 0.25) is 0 Å². The molecule has 1 fully saturated rings. The van der Waals surface area contributed by atoms with Gasteiger partial charge in [0.15, 0.2) is 0 Å². The number of ether oxygens (including phenoxy) is 2. The average Bonchev–Trinajstić information content (AvgIpc) is 2.17. The second-order valence-electron chi connectivity index (χ2n) is 5.07.